The summed E-state index contributed by atoms with van der Waals surface area (Å²) in [5.41, 5.74) is -1.52. The molecule has 0 radical (unpaired) electrons. The molecule has 1 aromatic carbocycles. The van der Waals surface area contributed by atoms with Crippen molar-refractivity contribution < 1.29 is 14.3 Å². The first kappa shape index (κ1) is 14.7. The van der Waals surface area contributed by atoms with Gasteiger partial charge in [0.05, 0.1) is 0 Å². The van der Waals surface area contributed by atoms with E-state index >= 15 is 0 Å². The molecule has 21 heavy (non-hydrogen) atoms. The van der Waals surface area contributed by atoms with E-state index in [4.69, 9.17) is 21.1 Å². The second kappa shape index (κ2) is 5.18. The Labute approximate surface area is 129 Å². The van der Waals surface area contributed by atoms with Crippen LogP contribution < -0.4 is 10.1 Å². The van der Waals surface area contributed by atoms with Gasteiger partial charge in [-0.2, -0.15) is 0 Å². The summed E-state index contributed by atoms with van der Waals surface area (Å²) in [5, 5.41) is 3.70. The Balaban J connectivity index is 1.82. The molecule has 1 heterocycles. The Bertz CT molecular complexity index is 543. The van der Waals surface area contributed by atoms with Gasteiger partial charge in [0.25, 0.3) is 5.91 Å². The molecule has 2 aliphatic rings. The predicted octanol–water partition coefficient (Wildman–Crippen LogP) is 3.28. The molecule has 1 aromatic rings. The van der Waals surface area contributed by atoms with Crippen molar-refractivity contribution in [3.8, 4) is 5.75 Å². The molecular weight excluding hydrogens is 290 g/mol. The summed E-state index contributed by atoms with van der Waals surface area (Å²) >= 11 is 5.89. The van der Waals surface area contributed by atoms with Gasteiger partial charge in [-0.15, -0.1) is 0 Å². The van der Waals surface area contributed by atoms with Crippen molar-refractivity contribution in [1.29, 1.82) is 0 Å². The lowest BCUT2D eigenvalue weighted by atomic mass is 9.89. The maximum atomic E-state index is 12.1. The van der Waals surface area contributed by atoms with E-state index in [0.29, 0.717) is 5.02 Å². The third-order valence-electron chi connectivity index (χ3n) is 4.19. The zero-order chi connectivity index (χ0) is 15.1. The van der Waals surface area contributed by atoms with Gasteiger partial charge in [-0.05, 0) is 63.8 Å². The lowest BCUT2D eigenvalue weighted by molar-refractivity contribution is -0.163. The largest absolute Gasteiger partial charge is 0.485 e. The molecule has 0 aromatic heterocycles. The Morgan fingerprint density at radius 2 is 2.00 bits per heavy atom. The highest BCUT2D eigenvalue weighted by Gasteiger charge is 2.56. The topological polar surface area (TPSA) is 47.6 Å². The normalized spacial score (nSPS) is 31.2. The summed E-state index contributed by atoms with van der Waals surface area (Å²) in [7, 11) is 0. The van der Waals surface area contributed by atoms with E-state index in [1.54, 1.807) is 26.0 Å². The first-order chi connectivity index (χ1) is 9.91. The predicted molar refractivity (Wildman–Crippen MR) is 80.4 cm³/mol. The average Bonchev–Trinajstić information content (AvgIpc) is 2.65. The first-order valence-corrected chi connectivity index (χ1v) is 7.74. The van der Waals surface area contributed by atoms with Crippen LogP contribution in [0.5, 0.6) is 5.75 Å². The number of carbonyl (C=O) groups excluding carboxylic acids is 1. The van der Waals surface area contributed by atoms with Gasteiger partial charge in [0.15, 0.2) is 5.72 Å². The van der Waals surface area contributed by atoms with Gasteiger partial charge in [-0.1, -0.05) is 11.6 Å². The van der Waals surface area contributed by atoms with E-state index in [-0.39, 0.29) is 12.0 Å². The molecule has 2 atom stereocenters. The van der Waals surface area contributed by atoms with Gasteiger partial charge >= 0.3 is 0 Å². The number of hydrogen-bond acceptors (Lipinski definition) is 3. The van der Waals surface area contributed by atoms with Crippen LogP contribution in [-0.4, -0.2) is 23.3 Å². The first-order valence-electron chi connectivity index (χ1n) is 7.36. The van der Waals surface area contributed by atoms with Gasteiger partial charge in [0.1, 0.15) is 17.5 Å². The zero-order valence-corrected chi connectivity index (χ0v) is 13.1. The molecular formula is C16H20ClNO3. The summed E-state index contributed by atoms with van der Waals surface area (Å²) in [4.78, 5) is 12.1. The standard InChI is InChI=1S/C16H20ClNO3/c1-15(2)14(19)18-16(21-15)10-4-3-5-13(16)20-12-8-6-11(17)7-9-12/h6-9,13H,3-5,10H2,1-2H3,(H,18,19). The van der Waals surface area contributed by atoms with Crippen molar-refractivity contribution in [3.63, 3.8) is 0 Å². The Morgan fingerprint density at radius 3 is 2.62 bits per heavy atom. The fourth-order valence-corrected chi connectivity index (χ4v) is 3.20. The number of halogens is 1. The van der Waals surface area contributed by atoms with E-state index in [1.807, 2.05) is 12.1 Å². The number of amides is 1. The summed E-state index contributed by atoms with van der Waals surface area (Å²) in [6.07, 6.45) is 3.55. The van der Waals surface area contributed by atoms with E-state index in [9.17, 15) is 4.79 Å². The second-order valence-corrected chi connectivity index (χ2v) is 6.70. The number of nitrogens with one attached hydrogen (secondary N) is 1. The smallest absolute Gasteiger partial charge is 0.254 e. The van der Waals surface area contributed by atoms with Crippen LogP contribution in [0.3, 0.4) is 0 Å². The van der Waals surface area contributed by atoms with Crippen LogP contribution in [-0.2, 0) is 9.53 Å². The zero-order valence-electron chi connectivity index (χ0n) is 12.3. The number of carbonyl (C=O) groups is 1. The second-order valence-electron chi connectivity index (χ2n) is 6.26. The van der Waals surface area contributed by atoms with Gasteiger partial charge in [0, 0.05) is 5.02 Å². The summed E-state index contributed by atoms with van der Waals surface area (Å²) in [5.74, 6) is 0.669. The molecule has 0 bridgehead atoms. The van der Waals surface area contributed by atoms with Crippen molar-refractivity contribution >= 4 is 17.5 Å². The Morgan fingerprint density at radius 1 is 1.29 bits per heavy atom. The minimum atomic E-state index is -0.807. The number of hydrogen-bond donors (Lipinski definition) is 1. The Hall–Kier alpha value is -1.26. The summed E-state index contributed by atoms with van der Waals surface area (Å²) < 4.78 is 12.2. The molecule has 5 heteroatoms. The number of rotatable bonds is 2. The Kier molecular flexibility index (Phi) is 3.62. The lowest BCUT2D eigenvalue weighted by Gasteiger charge is -2.40. The lowest BCUT2D eigenvalue weighted by Crippen LogP contribution is -2.56. The molecule has 1 amide bonds. The van der Waals surface area contributed by atoms with E-state index < -0.39 is 11.3 Å². The maximum absolute atomic E-state index is 12.1. The van der Waals surface area contributed by atoms with E-state index in [0.717, 1.165) is 31.4 Å². The minimum Gasteiger partial charge on any atom is -0.485 e. The monoisotopic (exact) mass is 309 g/mol. The fourth-order valence-electron chi connectivity index (χ4n) is 3.07. The highest BCUT2D eigenvalue weighted by molar-refractivity contribution is 6.30. The van der Waals surface area contributed by atoms with Crippen molar-refractivity contribution in [3.05, 3.63) is 29.3 Å². The van der Waals surface area contributed by atoms with Crippen molar-refractivity contribution in [2.45, 2.75) is 57.0 Å². The molecule has 1 N–H and O–H groups in total. The molecule has 1 saturated heterocycles. The summed E-state index contributed by atoms with van der Waals surface area (Å²) in [6, 6.07) is 7.27. The molecule has 2 fully saturated rings. The molecule has 1 aliphatic carbocycles. The van der Waals surface area contributed by atoms with Crippen molar-refractivity contribution in [1.82, 2.24) is 5.32 Å². The van der Waals surface area contributed by atoms with Gasteiger partial charge in [-0.25, -0.2) is 0 Å². The van der Waals surface area contributed by atoms with Gasteiger partial charge in [0.2, 0.25) is 0 Å². The fraction of sp³-hybridized carbons (Fsp3) is 0.562. The van der Waals surface area contributed by atoms with E-state index in [2.05, 4.69) is 5.32 Å². The van der Waals surface area contributed by atoms with Crippen LogP contribution in [0.4, 0.5) is 0 Å². The third kappa shape index (κ3) is 2.74. The summed E-state index contributed by atoms with van der Waals surface area (Å²) in [6.45, 7) is 3.59. The van der Waals surface area contributed by atoms with Crippen LogP contribution in [0.2, 0.25) is 5.02 Å². The van der Waals surface area contributed by atoms with Crippen molar-refractivity contribution in [2.75, 3.05) is 0 Å². The van der Waals surface area contributed by atoms with Crippen LogP contribution in [0.15, 0.2) is 24.3 Å². The average molecular weight is 310 g/mol. The SMILES string of the molecule is CC1(C)OC2(CCCCC2Oc2ccc(Cl)cc2)NC1=O. The number of benzene rings is 1. The maximum Gasteiger partial charge on any atom is 0.254 e. The van der Waals surface area contributed by atoms with E-state index in [1.165, 1.54) is 0 Å². The van der Waals surface area contributed by atoms with Crippen LogP contribution >= 0.6 is 11.6 Å². The van der Waals surface area contributed by atoms with Crippen LogP contribution in [0.25, 0.3) is 0 Å². The number of ether oxygens (including phenoxy) is 2. The molecule has 114 valence electrons. The van der Waals surface area contributed by atoms with Gasteiger partial charge < -0.3 is 14.8 Å². The molecule has 3 rings (SSSR count). The molecule has 2 unspecified atom stereocenters. The third-order valence-corrected chi connectivity index (χ3v) is 4.44. The van der Waals surface area contributed by atoms with Crippen molar-refractivity contribution in [2.24, 2.45) is 0 Å². The quantitative estimate of drug-likeness (QED) is 0.912. The highest BCUT2D eigenvalue weighted by Crippen LogP contribution is 2.40. The van der Waals surface area contributed by atoms with Crippen LogP contribution in [0.1, 0.15) is 39.5 Å². The highest BCUT2D eigenvalue weighted by atomic mass is 35.5. The van der Waals surface area contributed by atoms with Crippen LogP contribution in [0, 0.1) is 0 Å². The molecule has 1 spiro atoms. The van der Waals surface area contributed by atoms with Gasteiger partial charge in [-0.3, -0.25) is 4.79 Å². The molecule has 1 aliphatic heterocycles. The molecule has 1 saturated carbocycles. The molecule has 4 nitrogen and oxygen atoms in total. The minimum absolute atomic E-state index is 0.0749.